The first-order valence-electron chi connectivity index (χ1n) is 12.1. The van der Waals surface area contributed by atoms with Crippen LogP contribution in [0.2, 0.25) is 0 Å². The smallest absolute Gasteiger partial charge is 0.333 e. The van der Waals surface area contributed by atoms with E-state index in [1.54, 1.807) is 13.2 Å². The van der Waals surface area contributed by atoms with Crippen molar-refractivity contribution in [3.8, 4) is 0 Å². The monoisotopic (exact) mass is 555 g/mol. The number of nitro benzene ring substituents is 1. The predicted octanol–water partition coefficient (Wildman–Crippen LogP) is 3.68. The average Bonchev–Trinajstić information content (AvgIpc) is 2.88. The molecular formula is C25H31Cl2N3O7. The van der Waals surface area contributed by atoms with E-state index < -0.39 is 40.3 Å². The number of nitrogens with one attached hydrogen (secondary N) is 1. The van der Waals surface area contributed by atoms with Crippen molar-refractivity contribution < 1.29 is 28.8 Å². The maximum atomic E-state index is 13.1. The molecule has 1 saturated carbocycles. The third-order valence-corrected chi connectivity index (χ3v) is 7.57. The van der Waals surface area contributed by atoms with Gasteiger partial charge in [0.2, 0.25) is 5.91 Å². The number of likely N-dealkylation sites (tertiary alicyclic amines) is 1. The molecule has 5 atom stereocenters. The topological polar surface area (TPSA) is 128 Å². The molecule has 10 nitrogen and oxygen atoms in total. The van der Waals surface area contributed by atoms with E-state index in [1.807, 2.05) is 0 Å². The highest BCUT2D eigenvalue weighted by Gasteiger charge is 2.53. The van der Waals surface area contributed by atoms with E-state index in [0.29, 0.717) is 12.0 Å². The van der Waals surface area contributed by atoms with Crippen LogP contribution in [0, 0.1) is 16.0 Å². The van der Waals surface area contributed by atoms with Gasteiger partial charge in [0, 0.05) is 25.1 Å². The van der Waals surface area contributed by atoms with Crippen molar-refractivity contribution in [1.29, 1.82) is 0 Å². The minimum atomic E-state index is -1.27. The molecule has 0 bridgehead atoms. The molecule has 12 heteroatoms. The molecule has 0 spiro atoms. The van der Waals surface area contributed by atoms with Crippen molar-refractivity contribution in [2.75, 3.05) is 13.0 Å². The Bertz CT molecular complexity index is 1040. The van der Waals surface area contributed by atoms with Crippen LogP contribution in [0.25, 0.3) is 0 Å². The van der Waals surface area contributed by atoms with Gasteiger partial charge in [0.25, 0.3) is 11.6 Å². The fourth-order valence-electron chi connectivity index (χ4n) is 4.71. The molecule has 202 valence electrons. The average molecular weight is 556 g/mol. The van der Waals surface area contributed by atoms with Crippen LogP contribution in [0.15, 0.2) is 36.4 Å². The van der Waals surface area contributed by atoms with Gasteiger partial charge in [0.05, 0.1) is 16.9 Å². The highest BCUT2D eigenvalue weighted by atomic mass is 35.5. The zero-order valence-electron chi connectivity index (χ0n) is 20.6. The number of nitro groups is 1. The van der Waals surface area contributed by atoms with Crippen LogP contribution >= 0.6 is 23.2 Å². The molecule has 0 radical (unpaired) electrons. The molecule has 2 amide bonds. The summed E-state index contributed by atoms with van der Waals surface area (Å²) in [4.78, 5) is 50.6. The number of hydrogen-bond acceptors (Lipinski definition) is 7. The van der Waals surface area contributed by atoms with Crippen molar-refractivity contribution in [2.45, 2.75) is 68.8 Å². The molecule has 2 fully saturated rings. The van der Waals surface area contributed by atoms with Gasteiger partial charge < -0.3 is 19.7 Å². The lowest BCUT2D eigenvalue weighted by Gasteiger charge is -2.47. The summed E-state index contributed by atoms with van der Waals surface area (Å²) in [5, 5.41) is 13.7. The number of esters is 1. The highest BCUT2D eigenvalue weighted by molar-refractivity contribution is 6.27. The number of carbonyl (C=O) groups excluding carboxylic acids is 3. The number of methoxy groups -OCH3 is 1. The van der Waals surface area contributed by atoms with Gasteiger partial charge in [-0.15, -0.1) is 11.6 Å². The second-order valence-electron chi connectivity index (χ2n) is 9.21. The standard InChI is InChI=1S/C25H31Cl2N3O7/c1-15(13-26)21(25(33)37-14-16-8-7-9-17(12-16)30(34)35)29-22(27)20(24(29)32)28-23(31)18-10-5-3-4-6-11-19(18)36-2/h7-9,12,18-22H,1,3-6,10-11,13-14H2,2H3,(H,28,31). The Balaban J connectivity index is 1.66. The number of non-ortho nitro benzene ring substituents is 1. The first kappa shape index (κ1) is 28.9. The number of benzene rings is 1. The molecule has 1 heterocycles. The Morgan fingerprint density at radius 2 is 1.97 bits per heavy atom. The summed E-state index contributed by atoms with van der Waals surface area (Å²) in [7, 11) is 1.58. The SMILES string of the molecule is C=C(CCl)C(C(=O)OCc1cccc([N+](=O)[O-])c1)N1C(=O)C(NC(=O)C2CCCCCCC2OC)C1Cl. The van der Waals surface area contributed by atoms with E-state index in [0.717, 1.165) is 37.0 Å². The second kappa shape index (κ2) is 13.2. The summed E-state index contributed by atoms with van der Waals surface area (Å²) in [5.41, 5.74) is -0.588. The summed E-state index contributed by atoms with van der Waals surface area (Å²) in [5.74, 6) is -2.24. The van der Waals surface area contributed by atoms with Crippen LogP contribution in [-0.4, -0.2) is 64.3 Å². The predicted molar refractivity (Wildman–Crippen MR) is 137 cm³/mol. The zero-order valence-corrected chi connectivity index (χ0v) is 22.1. The summed E-state index contributed by atoms with van der Waals surface area (Å²) in [6.07, 6.45) is 5.16. The van der Waals surface area contributed by atoms with Crippen molar-refractivity contribution in [3.05, 3.63) is 52.1 Å². The van der Waals surface area contributed by atoms with Gasteiger partial charge in [-0.1, -0.05) is 56.0 Å². The lowest BCUT2D eigenvalue weighted by Crippen LogP contribution is -2.73. The summed E-state index contributed by atoms with van der Waals surface area (Å²) in [6.45, 7) is 3.52. The van der Waals surface area contributed by atoms with Crippen LogP contribution in [0.4, 0.5) is 5.69 Å². The number of rotatable bonds is 10. The van der Waals surface area contributed by atoms with Gasteiger partial charge in [-0.2, -0.15) is 0 Å². The zero-order chi connectivity index (χ0) is 27.1. The van der Waals surface area contributed by atoms with E-state index in [4.69, 9.17) is 32.7 Å². The van der Waals surface area contributed by atoms with Crippen LogP contribution in [0.1, 0.15) is 44.1 Å². The summed E-state index contributed by atoms with van der Waals surface area (Å²) < 4.78 is 10.9. The van der Waals surface area contributed by atoms with Crippen molar-refractivity contribution >= 4 is 46.7 Å². The maximum Gasteiger partial charge on any atom is 0.333 e. The Morgan fingerprint density at radius 1 is 1.27 bits per heavy atom. The van der Waals surface area contributed by atoms with Crippen LogP contribution in [0.3, 0.4) is 0 Å². The second-order valence-corrected chi connectivity index (χ2v) is 9.92. The van der Waals surface area contributed by atoms with Crippen molar-refractivity contribution in [3.63, 3.8) is 0 Å². The van der Waals surface area contributed by atoms with Gasteiger partial charge in [-0.3, -0.25) is 19.7 Å². The van der Waals surface area contributed by atoms with Gasteiger partial charge >= 0.3 is 5.97 Å². The Morgan fingerprint density at radius 3 is 2.59 bits per heavy atom. The molecule has 3 rings (SSSR count). The van der Waals surface area contributed by atoms with Gasteiger partial charge in [-0.05, 0) is 24.0 Å². The van der Waals surface area contributed by atoms with E-state index in [1.165, 1.54) is 18.2 Å². The van der Waals surface area contributed by atoms with Gasteiger partial charge in [-0.25, -0.2) is 4.79 Å². The largest absolute Gasteiger partial charge is 0.459 e. The molecule has 2 aliphatic rings. The minimum Gasteiger partial charge on any atom is -0.459 e. The number of nitrogens with zero attached hydrogens (tertiary/aromatic N) is 2. The molecule has 37 heavy (non-hydrogen) atoms. The van der Waals surface area contributed by atoms with Crippen molar-refractivity contribution in [2.24, 2.45) is 5.92 Å². The van der Waals surface area contributed by atoms with E-state index in [2.05, 4.69) is 11.9 Å². The van der Waals surface area contributed by atoms with Gasteiger partial charge in [0.15, 0.2) is 6.04 Å². The maximum absolute atomic E-state index is 13.1. The number of β-lactam (4-membered cyclic amide) rings is 1. The fraction of sp³-hybridized carbons (Fsp3) is 0.560. The Hall–Kier alpha value is -2.69. The number of amides is 2. The number of halogens is 2. The molecule has 1 N–H and O–H groups in total. The highest BCUT2D eigenvalue weighted by Crippen LogP contribution is 2.32. The molecule has 5 unspecified atom stereocenters. The van der Waals surface area contributed by atoms with Crippen LogP contribution in [-0.2, 0) is 30.5 Å². The van der Waals surface area contributed by atoms with Crippen LogP contribution < -0.4 is 5.32 Å². The normalized spacial score (nSPS) is 24.7. The van der Waals surface area contributed by atoms with Crippen molar-refractivity contribution in [1.82, 2.24) is 10.2 Å². The lowest BCUT2D eigenvalue weighted by molar-refractivity contribution is -0.384. The van der Waals surface area contributed by atoms with Gasteiger partial charge in [0.1, 0.15) is 18.1 Å². The fourth-order valence-corrected chi connectivity index (χ4v) is 5.24. The molecule has 1 aromatic rings. The number of hydrogen-bond donors (Lipinski definition) is 1. The van der Waals surface area contributed by atoms with Crippen LogP contribution in [0.5, 0.6) is 0 Å². The molecule has 1 saturated heterocycles. The lowest BCUT2D eigenvalue weighted by atomic mass is 9.87. The molecular weight excluding hydrogens is 525 g/mol. The molecule has 1 aliphatic carbocycles. The summed E-state index contributed by atoms with van der Waals surface area (Å²) in [6, 6.07) is 3.35. The molecule has 0 aromatic heterocycles. The Labute approximate surface area is 225 Å². The molecule has 1 aromatic carbocycles. The first-order chi connectivity index (χ1) is 17.7. The third-order valence-electron chi connectivity index (χ3n) is 6.76. The third kappa shape index (κ3) is 6.80. The number of ether oxygens (including phenoxy) is 2. The molecule has 1 aliphatic heterocycles. The minimum absolute atomic E-state index is 0.140. The van der Waals surface area contributed by atoms with E-state index in [9.17, 15) is 24.5 Å². The number of alkyl halides is 2. The Kier molecular flexibility index (Phi) is 10.3. The number of carbonyl (C=O) groups is 3. The van der Waals surface area contributed by atoms with E-state index >= 15 is 0 Å². The van der Waals surface area contributed by atoms with E-state index in [-0.39, 0.29) is 35.8 Å². The first-order valence-corrected chi connectivity index (χ1v) is 13.1. The summed E-state index contributed by atoms with van der Waals surface area (Å²) >= 11 is 12.4. The quantitative estimate of drug-likeness (QED) is 0.0886.